The summed E-state index contributed by atoms with van der Waals surface area (Å²) in [7, 11) is 3.66. The topological polar surface area (TPSA) is 96.3 Å². The van der Waals surface area contributed by atoms with E-state index >= 15 is 0 Å². The average Bonchev–Trinajstić information content (AvgIpc) is 2.82. The van der Waals surface area contributed by atoms with Crippen molar-refractivity contribution < 1.29 is 9.84 Å². The van der Waals surface area contributed by atoms with Gasteiger partial charge in [0, 0.05) is 41.4 Å². The van der Waals surface area contributed by atoms with E-state index < -0.39 is 0 Å². The fourth-order valence-electron chi connectivity index (χ4n) is 5.79. The van der Waals surface area contributed by atoms with Crippen molar-refractivity contribution in [2.75, 3.05) is 19.1 Å². The van der Waals surface area contributed by atoms with Gasteiger partial charge in [0.15, 0.2) is 5.82 Å². The van der Waals surface area contributed by atoms with Crippen LogP contribution in [0.2, 0.25) is 0 Å². The zero-order valence-electron chi connectivity index (χ0n) is 20.2. The highest BCUT2D eigenvalue weighted by molar-refractivity contribution is 5.74. The molecule has 34 heavy (non-hydrogen) atoms. The second-order valence-electron chi connectivity index (χ2n) is 10.3. The van der Waals surface area contributed by atoms with Crippen molar-refractivity contribution in [3.63, 3.8) is 0 Å². The fourth-order valence-corrected chi connectivity index (χ4v) is 5.79. The second-order valence-corrected chi connectivity index (χ2v) is 10.3. The Labute approximate surface area is 200 Å². The Morgan fingerprint density at radius 2 is 1.76 bits per heavy atom. The summed E-state index contributed by atoms with van der Waals surface area (Å²) in [5, 5.41) is 31.4. The van der Waals surface area contributed by atoms with E-state index in [1.54, 1.807) is 25.4 Å². The monoisotopic (exact) mass is 460 g/mol. The lowest BCUT2D eigenvalue weighted by atomic mass is 9.69. The molecule has 2 aliphatic rings. The van der Waals surface area contributed by atoms with Crippen molar-refractivity contribution in [3.8, 4) is 34.0 Å². The minimum absolute atomic E-state index is 0.135. The van der Waals surface area contributed by atoms with Gasteiger partial charge in [-0.1, -0.05) is 6.07 Å². The predicted octanol–water partition coefficient (Wildman–Crippen LogP) is 4.20. The van der Waals surface area contributed by atoms with Gasteiger partial charge < -0.3 is 20.1 Å². The molecule has 8 nitrogen and oxygen atoms in total. The van der Waals surface area contributed by atoms with Crippen LogP contribution in [0.15, 0.2) is 42.6 Å². The molecule has 3 aromatic rings. The first-order valence-electron chi connectivity index (χ1n) is 11.8. The second kappa shape index (κ2) is 8.51. The van der Waals surface area contributed by atoms with Gasteiger partial charge in [-0.2, -0.15) is 5.10 Å². The summed E-state index contributed by atoms with van der Waals surface area (Å²) in [4.78, 5) is 2.27. The molecule has 5 rings (SSSR count). The molecule has 0 aliphatic carbocycles. The number of fused-ring (bicyclic) bond motifs is 2. The van der Waals surface area contributed by atoms with Gasteiger partial charge in [-0.25, -0.2) is 0 Å². The van der Waals surface area contributed by atoms with Crippen LogP contribution in [0.25, 0.3) is 22.4 Å². The smallest absolute Gasteiger partial charge is 0.233 e. The largest absolute Gasteiger partial charge is 0.507 e. The SMILES string of the molecule is COc1cc(-c2ccc(-c3ccc(N(C)[C@H]4C[C@]5(C)CCC[C@](C)(C4)N5)nn3)c(O)c2)cnn1. The van der Waals surface area contributed by atoms with Crippen molar-refractivity contribution in [2.45, 2.75) is 63.1 Å². The Bertz CT molecular complexity index is 1170. The third-order valence-electron chi connectivity index (χ3n) is 7.44. The highest BCUT2D eigenvalue weighted by atomic mass is 16.5. The van der Waals surface area contributed by atoms with Crippen LogP contribution < -0.4 is 15.0 Å². The molecule has 0 spiro atoms. The zero-order chi connectivity index (χ0) is 23.9. The first-order valence-corrected chi connectivity index (χ1v) is 11.8. The Balaban J connectivity index is 1.35. The van der Waals surface area contributed by atoms with Gasteiger partial charge in [0.2, 0.25) is 5.88 Å². The lowest BCUT2D eigenvalue weighted by Gasteiger charge is -2.55. The molecule has 178 valence electrons. The van der Waals surface area contributed by atoms with Crippen LogP contribution >= 0.6 is 0 Å². The third-order valence-corrected chi connectivity index (χ3v) is 7.44. The summed E-state index contributed by atoms with van der Waals surface area (Å²) >= 11 is 0. The number of rotatable bonds is 5. The van der Waals surface area contributed by atoms with Crippen molar-refractivity contribution in [1.29, 1.82) is 0 Å². The zero-order valence-corrected chi connectivity index (χ0v) is 20.2. The van der Waals surface area contributed by atoms with Gasteiger partial charge in [0.1, 0.15) is 5.75 Å². The number of phenols is 1. The number of aromatic hydroxyl groups is 1. The third kappa shape index (κ3) is 4.30. The van der Waals surface area contributed by atoms with Crippen LogP contribution in [0.3, 0.4) is 0 Å². The highest BCUT2D eigenvalue weighted by Crippen LogP contribution is 2.42. The Hall–Kier alpha value is -3.26. The molecular weight excluding hydrogens is 428 g/mol. The fraction of sp³-hybridized carbons (Fsp3) is 0.462. The average molecular weight is 461 g/mol. The van der Waals surface area contributed by atoms with Crippen LogP contribution in [0.4, 0.5) is 5.82 Å². The summed E-state index contributed by atoms with van der Waals surface area (Å²) in [6.07, 6.45) is 7.55. The summed E-state index contributed by atoms with van der Waals surface area (Å²) in [5.41, 5.74) is 3.26. The van der Waals surface area contributed by atoms with Crippen LogP contribution in [-0.4, -0.2) is 56.8 Å². The number of piperidine rings is 2. The summed E-state index contributed by atoms with van der Waals surface area (Å²) in [5.74, 6) is 1.41. The number of anilines is 1. The molecule has 2 N–H and O–H groups in total. The standard InChI is InChI=1S/C26H32N6O2/c1-25-10-5-11-26(2,31-25)15-19(14-25)32(3)23-9-8-21(28-29-23)20-7-6-17(12-22(20)33)18-13-24(34-4)30-27-16-18/h6-9,12-13,16,19,31,33H,5,10-11,14-15H2,1-4H3/t19-,25-,26+. The quantitative estimate of drug-likeness (QED) is 0.585. The van der Waals surface area contributed by atoms with E-state index in [4.69, 9.17) is 4.74 Å². The normalized spacial score (nSPS) is 26.2. The number of hydrogen-bond acceptors (Lipinski definition) is 8. The molecule has 0 amide bonds. The molecule has 2 saturated heterocycles. The highest BCUT2D eigenvalue weighted by Gasteiger charge is 2.46. The number of hydrogen-bond donors (Lipinski definition) is 2. The first-order chi connectivity index (χ1) is 16.3. The van der Waals surface area contributed by atoms with E-state index in [0.29, 0.717) is 23.2 Å². The molecule has 2 bridgehead atoms. The van der Waals surface area contributed by atoms with Crippen molar-refractivity contribution >= 4 is 5.82 Å². The molecular formula is C26H32N6O2. The minimum Gasteiger partial charge on any atom is -0.507 e. The van der Waals surface area contributed by atoms with Crippen molar-refractivity contribution in [2.24, 2.45) is 0 Å². The molecule has 2 aromatic heterocycles. The van der Waals surface area contributed by atoms with Crippen molar-refractivity contribution in [3.05, 3.63) is 42.6 Å². The van der Waals surface area contributed by atoms with Gasteiger partial charge in [0.25, 0.3) is 0 Å². The van der Waals surface area contributed by atoms with E-state index in [1.807, 2.05) is 24.3 Å². The van der Waals surface area contributed by atoms with E-state index in [1.165, 1.54) is 19.3 Å². The molecule has 2 fully saturated rings. The van der Waals surface area contributed by atoms with E-state index in [-0.39, 0.29) is 16.8 Å². The number of nitrogens with one attached hydrogen (secondary N) is 1. The van der Waals surface area contributed by atoms with Crippen LogP contribution in [0, 0.1) is 0 Å². The molecule has 0 radical (unpaired) electrons. The molecule has 8 heteroatoms. The Kier molecular flexibility index (Phi) is 5.64. The lowest BCUT2D eigenvalue weighted by Crippen LogP contribution is -2.66. The number of ether oxygens (including phenoxy) is 1. The number of nitrogens with zero attached hydrogens (tertiary/aromatic N) is 5. The molecule has 3 atom stereocenters. The summed E-state index contributed by atoms with van der Waals surface area (Å²) in [6.45, 7) is 4.70. The van der Waals surface area contributed by atoms with E-state index in [2.05, 4.69) is 51.5 Å². The molecule has 2 aliphatic heterocycles. The Morgan fingerprint density at radius 1 is 1.00 bits per heavy atom. The maximum Gasteiger partial charge on any atom is 0.233 e. The van der Waals surface area contributed by atoms with E-state index in [0.717, 1.165) is 29.8 Å². The lowest BCUT2D eigenvalue weighted by molar-refractivity contribution is 0.0784. The number of phenolic OH excluding ortho intramolecular Hbond substituents is 1. The first kappa shape index (κ1) is 22.5. The van der Waals surface area contributed by atoms with Gasteiger partial charge in [-0.15, -0.1) is 15.3 Å². The van der Waals surface area contributed by atoms with Gasteiger partial charge in [-0.3, -0.25) is 0 Å². The molecule has 4 heterocycles. The number of aromatic nitrogens is 4. The van der Waals surface area contributed by atoms with Crippen LogP contribution in [0.1, 0.15) is 46.0 Å². The van der Waals surface area contributed by atoms with E-state index in [9.17, 15) is 5.11 Å². The van der Waals surface area contributed by atoms with Crippen molar-refractivity contribution in [1.82, 2.24) is 25.7 Å². The van der Waals surface area contributed by atoms with Crippen LogP contribution in [0.5, 0.6) is 11.6 Å². The van der Waals surface area contributed by atoms with Gasteiger partial charge in [0.05, 0.1) is 19.0 Å². The van der Waals surface area contributed by atoms with Crippen LogP contribution in [-0.2, 0) is 0 Å². The molecule has 0 saturated carbocycles. The van der Waals surface area contributed by atoms with Gasteiger partial charge in [-0.05, 0) is 75.8 Å². The Morgan fingerprint density at radius 3 is 2.41 bits per heavy atom. The van der Waals surface area contributed by atoms with Gasteiger partial charge >= 0.3 is 0 Å². The summed E-state index contributed by atoms with van der Waals surface area (Å²) < 4.78 is 5.14. The molecule has 1 aromatic carbocycles. The molecule has 0 unspecified atom stereocenters. The minimum atomic E-state index is 0.135. The predicted molar refractivity (Wildman–Crippen MR) is 132 cm³/mol. The summed E-state index contributed by atoms with van der Waals surface area (Å²) in [6, 6.07) is 11.6. The number of benzene rings is 1. The maximum absolute atomic E-state index is 10.7. The number of methoxy groups -OCH3 is 1. The maximum atomic E-state index is 10.7.